The number of aryl methyl sites for hydroxylation is 2. The fourth-order valence-electron chi connectivity index (χ4n) is 2.20. The lowest BCUT2D eigenvalue weighted by atomic mass is 10.2. The molecule has 0 aliphatic carbocycles. The third-order valence-corrected chi connectivity index (χ3v) is 3.23. The number of hydrogen-bond acceptors (Lipinski definition) is 3. The molecule has 3 aromatic rings. The third kappa shape index (κ3) is 1.76. The van der Waals surface area contributed by atoms with Crippen LogP contribution in [0.3, 0.4) is 0 Å². The lowest BCUT2D eigenvalue weighted by Crippen LogP contribution is -1.96. The second-order valence-electron chi connectivity index (χ2n) is 4.48. The van der Waals surface area contributed by atoms with Gasteiger partial charge in [0.25, 0.3) is 0 Å². The zero-order valence-corrected chi connectivity index (χ0v) is 10.8. The Balaban J connectivity index is 2.29. The van der Waals surface area contributed by atoms with Crippen LogP contribution in [-0.4, -0.2) is 14.5 Å². The van der Waals surface area contributed by atoms with Crippen LogP contribution in [0.2, 0.25) is 0 Å². The lowest BCUT2D eigenvalue weighted by Gasteiger charge is -2.04. The fourth-order valence-corrected chi connectivity index (χ4v) is 2.20. The van der Waals surface area contributed by atoms with Crippen molar-refractivity contribution in [2.75, 3.05) is 0 Å². The van der Waals surface area contributed by atoms with Crippen LogP contribution in [0.4, 0.5) is 0 Å². The van der Waals surface area contributed by atoms with Crippen LogP contribution in [0, 0.1) is 18.3 Å². The molecular weight excluding hydrogens is 236 g/mol. The average molecular weight is 248 g/mol. The summed E-state index contributed by atoms with van der Waals surface area (Å²) in [4.78, 5) is 9.00. The van der Waals surface area contributed by atoms with E-state index in [4.69, 9.17) is 5.26 Å². The van der Waals surface area contributed by atoms with E-state index >= 15 is 0 Å². The maximum absolute atomic E-state index is 8.94. The zero-order valence-electron chi connectivity index (χ0n) is 10.8. The molecule has 0 amide bonds. The summed E-state index contributed by atoms with van der Waals surface area (Å²) in [5.41, 5.74) is 4.40. The highest BCUT2D eigenvalue weighted by Gasteiger charge is 2.12. The minimum absolute atomic E-state index is 0.620. The maximum Gasteiger partial charge on any atom is 0.159 e. The van der Waals surface area contributed by atoms with E-state index in [1.165, 1.54) is 0 Å². The van der Waals surface area contributed by atoms with Gasteiger partial charge >= 0.3 is 0 Å². The molecule has 92 valence electrons. The van der Waals surface area contributed by atoms with Crippen molar-refractivity contribution in [2.45, 2.75) is 6.92 Å². The van der Waals surface area contributed by atoms with Crippen molar-refractivity contribution in [3.63, 3.8) is 0 Å². The van der Waals surface area contributed by atoms with Crippen LogP contribution in [-0.2, 0) is 7.05 Å². The van der Waals surface area contributed by atoms with E-state index < -0.39 is 0 Å². The van der Waals surface area contributed by atoms with Crippen molar-refractivity contribution in [2.24, 2.45) is 7.05 Å². The molecule has 0 atom stereocenters. The topological polar surface area (TPSA) is 54.5 Å². The molecule has 2 heterocycles. The van der Waals surface area contributed by atoms with Gasteiger partial charge in [-0.05, 0) is 36.8 Å². The molecule has 4 nitrogen and oxygen atoms in total. The van der Waals surface area contributed by atoms with Crippen LogP contribution < -0.4 is 0 Å². The molecule has 0 aliphatic rings. The number of pyridine rings is 1. The van der Waals surface area contributed by atoms with Gasteiger partial charge in [-0.1, -0.05) is 6.07 Å². The number of aromatic nitrogens is 3. The smallest absolute Gasteiger partial charge is 0.159 e. The van der Waals surface area contributed by atoms with E-state index in [2.05, 4.69) is 16.0 Å². The monoisotopic (exact) mass is 248 g/mol. The van der Waals surface area contributed by atoms with Crippen molar-refractivity contribution >= 4 is 11.0 Å². The van der Waals surface area contributed by atoms with Crippen molar-refractivity contribution in [1.29, 1.82) is 5.26 Å². The van der Waals surface area contributed by atoms with E-state index in [1.807, 2.05) is 36.7 Å². The number of rotatable bonds is 1. The normalized spacial score (nSPS) is 10.6. The predicted molar refractivity (Wildman–Crippen MR) is 73.4 cm³/mol. The van der Waals surface area contributed by atoms with Gasteiger partial charge in [-0.2, -0.15) is 5.26 Å². The highest BCUT2D eigenvalue weighted by atomic mass is 15.1. The first-order valence-corrected chi connectivity index (χ1v) is 5.99. The minimum Gasteiger partial charge on any atom is -0.326 e. The van der Waals surface area contributed by atoms with Crippen molar-refractivity contribution in [1.82, 2.24) is 14.5 Å². The van der Waals surface area contributed by atoms with Crippen LogP contribution in [0.1, 0.15) is 11.1 Å². The zero-order chi connectivity index (χ0) is 13.4. The molecule has 1 aromatic carbocycles. The van der Waals surface area contributed by atoms with Gasteiger partial charge in [0.15, 0.2) is 5.82 Å². The summed E-state index contributed by atoms with van der Waals surface area (Å²) in [6.45, 7) is 2.02. The van der Waals surface area contributed by atoms with E-state index in [9.17, 15) is 0 Å². The molecule has 3 rings (SSSR count). The highest BCUT2D eigenvalue weighted by molar-refractivity contribution is 5.81. The molecule has 4 heteroatoms. The molecule has 0 N–H and O–H groups in total. The summed E-state index contributed by atoms with van der Waals surface area (Å²) in [7, 11) is 1.96. The van der Waals surface area contributed by atoms with Gasteiger partial charge in [0.1, 0.15) is 5.69 Å². The van der Waals surface area contributed by atoms with Crippen LogP contribution in [0.25, 0.3) is 22.6 Å². The second kappa shape index (κ2) is 4.21. The third-order valence-electron chi connectivity index (χ3n) is 3.23. The lowest BCUT2D eigenvalue weighted by molar-refractivity contribution is 0.947. The highest BCUT2D eigenvalue weighted by Crippen LogP contribution is 2.24. The molecular formula is C15H12N4. The maximum atomic E-state index is 8.94. The van der Waals surface area contributed by atoms with Gasteiger partial charge in [-0.25, -0.2) is 4.98 Å². The number of imidazole rings is 1. The minimum atomic E-state index is 0.620. The van der Waals surface area contributed by atoms with E-state index in [0.717, 1.165) is 28.1 Å². The molecule has 19 heavy (non-hydrogen) atoms. The Labute approximate surface area is 111 Å². The first-order valence-electron chi connectivity index (χ1n) is 5.99. The molecule has 0 fully saturated rings. The number of benzene rings is 1. The number of hydrogen-bond donors (Lipinski definition) is 0. The fraction of sp³-hybridized carbons (Fsp3) is 0.133. The van der Waals surface area contributed by atoms with Gasteiger partial charge in [-0.15, -0.1) is 0 Å². The molecule has 0 radical (unpaired) electrons. The van der Waals surface area contributed by atoms with E-state index in [1.54, 1.807) is 18.3 Å². The molecule has 0 saturated carbocycles. The molecule has 2 aromatic heterocycles. The summed E-state index contributed by atoms with van der Waals surface area (Å²) in [6, 6.07) is 11.6. The second-order valence-corrected chi connectivity index (χ2v) is 4.48. The summed E-state index contributed by atoms with van der Waals surface area (Å²) in [5, 5.41) is 8.94. The molecule has 0 spiro atoms. The van der Waals surface area contributed by atoms with Gasteiger partial charge < -0.3 is 4.57 Å². The summed E-state index contributed by atoms with van der Waals surface area (Å²) in [6.07, 6.45) is 1.77. The molecule has 0 bridgehead atoms. The van der Waals surface area contributed by atoms with Crippen molar-refractivity contribution in [3.05, 3.63) is 47.7 Å². The van der Waals surface area contributed by atoms with E-state index in [-0.39, 0.29) is 0 Å². The molecule has 0 unspecified atom stereocenters. The Morgan fingerprint density at radius 2 is 2.11 bits per heavy atom. The quantitative estimate of drug-likeness (QED) is 0.665. The Kier molecular flexibility index (Phi) is 2.53. The van der Waals surface area contributed by atoms with E-state index in [0.29, 0.717) is 5.56 Å². The van der Waals surface area contributed by atoms with Crippen LogP contribution in [0.15, 0.2) is 36.5 Å². The summed E-state index contributed by atoms with van der Waals surface area (Å²) < 4.78 is 2.01. The first-order chi connectivity index (χ1) is 9.20. The Morgan fingerprint density at radius 1 is 1.26 bits per heavy atom. The van der Waals surface area contributed by atoms with Crippen molar-refractivity contribution < 1.29 is 0 Å². The van der Waals surface area contributed by atoms with Gasteiger partial charge in [-0.3, -0.25) is 4.98 Å². The number of fused-ring (bicyclic) bond motifs is 1. The number of nitriles is 1. The van der Waals surface area contributed by atoms with Gasteiger partial charge in [0.2, 0.25) is 0 Å². The van der Waals surface area contributed by atoms with Crippen LogP contribution >= 0.6 is 0 Å². The van der Waals surface area contributed by atoms with Gasteiger partial charge in [0.05, 0.1) is 22.7 Å². The number of nitrogens with zero attached hydrogens (tertiary/aromatic N) is 4. The Bertz CT molecular complexity index is 809. The van der Waals surface area contributed by atoms with Crippen LogP contribution in [0.5, 0.6) is 0 Å². The average Bonchev–Trinajstić information content (AvgIpc) is 2.76. The van der Waals surface area contributed by atoms with Gasteiger partial charge in [0, 0.05) is 13.2 Å². The SMILES string of the molecule is Cc1cccnc1-c1nc2cc(C#N)ccc2n1C. The largest absolute Gasteiger partial charge is 0.326 e. The molecule has 0 aliphatic heterocycles. The standard InChI is InChI=1S/C15H12N4/c1-10-4-3-7-17-14(10)15-18-12-8-11(9-16)5-6-13(12)19(15)2/h3-8H,1-2H3. The molecule has 0 saturated heterocycles. The predicted octanol–water partition coefficient (Wildman–Crippen LogP) is 2.82. The first kappa shape index (κ1) is 11.4. The Hall–Kier alpha value is -2.67. The summed E-state index contributed by atoms with van der Waals surface area (Å²) in [5.74, 6) is 0.822. The summed E-state index contributed by atoms with van der Waals surface area (Å²) >= 11 is 0. The van der Waals surface area contributed by atoms with Crippen molar-refractivity contribution in [3.8, 4) is 17.6 Å². The Morgan fingerprint density at radius 3 is 2.84 bits per heavy atom.